The third-order valence-corrected chi connectivity index (χ3v) is 6.31. The van der Waals surface area contributed by atoms with Gasteiger partial charge in [0.15, 0.2) is 0 Å². The minimum Gasteiger partial charge on any atom is -0.390 e. The van der Waals surface area contributed by atoms with Crippen LogP contribution in [0.2, 0.25) is 0 Å². The maximum Gasteiger partial charge on any atom is 0.0845 e. The van der Waals surface area contributed by atoms with E-state index in [-0.39, 0.29) is 6.10 Å². The Morgan fingerprint density at radius 1 is 1.12 bits per heavy atom. The summed E-state index contributed by atoms with van der Waals surface area (Å²) in [6, 6.07) is 7.43. The van der Waals surface area contributed by atoms with Crippen molar-refractivity contribution in [2.45, 2.75) is 77.5 Å². The lowest BCUT2D eigenvalue weighted by Crippen LogP contribution is -2.43. The lowest BCUT2D eigenvalue weighted by Gasteiger charge is -2.35. The number of hydrogen-bond acceptors (Lipinski definition) is 2. The van der Waals surface area contributed by atoms with Gasteiger partial charge in [0.2, 0.25) is 0 Å². The number of fused-ring (bicyclic) bond motifs is 3. The summed E-state index contributed by atoms with van der Waals surface area (Å²) in [5, 5.41) is 12.3. The predicted octanol–water partition coefficient (Wildman–Crippen LogP) is 4.06. The van der Waals surface area contributed by atoms with Crippen molar-refractivity contribution in [2.24, 2.45) is 0 Å². The van der Waals surface area contributed by atoms with Crippen LogP contribution < -0.4 is 0 Å². The summed E-state index contributed by atoms with van der Waals surface area (Å²) in [5.74, 6) is 0. The minimum atomic E-state index is -0.288. The van der Waals surface area contributed by atoms with Gasteiger partial charge >= 0.3 is 0 Å². The molecule has 0 radical (unpaired) electrons. The summed E-state index contributed by atoms with van der Waals surface area (Å²) >= 11 is 0. The highest BCUT2D eigenvalue weighted by molar-refractivity contribution is 5.86. The molecule has 3 nitrogen and oxygen atoms in total. The highest BCUT2D eigenvalue weighted by atomic mass is 16.3. The average molecular weight is 341 g/mol. The average Bonchev–Trinajstić information content (AvgIpc) is 2.91. The zero-order chi connectivity index (χ0) is 17.4. The fourth-order valence-electron chi connectivity index (χ4n) is 4.93. The molecule has 4 rings (SSSR count). The SMILES string of the molecule is Cc1ccc2c(c1)c1c(n2C[C@@H](O)CN2CCCC[C@H]2C)CCCC1. The number of aliphatic hydroxyl groups is 1. The van der Waals surface area contributed by atoms with Crippen LogP contribution in [0.5, 0.6) is 0 Å². The molecule has 136 valence electrons. The van der Waals surface area contributed by atoms with Gasteiger partial charge in [-0.25, -0.2) is 0 Å². The lowest BCUT2D eigenvalue weighted by molar-refractivity contribution is 0.0640. The van der Waals surface area contributed by atoms with Crippen LogP contribution in [0.25, 0.3) is 10.9 Å². The highest BCUT2D eigenvalue weighted by Gasteiger charge is 2.24. The van der Waals surface area contributed by atoms with E-state index < -0.39 is 0 Å². The van der Waals surface area contributed by atoms with Gasteiger partial charge < -0.3 is 9.67 Å². The number of piperidine rings is 1. The standard InChI is InChI=1S/C22H32N2O/c1-16-10-11-22-20(13-16)19-8-3-4-9-21(19)24(22)15-18(25)14-23-12-6-5-7-17(23)2/h10-11,13,17-18,25H,3-9,12,14-15H2,1-2H3/t17-,18+/m1/s1. The number of rotatable bonds is 4. The van der Waals surface area contributed by atoms with E-state index >= 15 is 0 Å². The van der Waals surface area contributed by atoms with Crippen LogP contribution in [0.15, 0.2) is 18.2 Å². The Balaban J connectivity index is 1.60. The molecular formula is C22H32N2O. The molecule has 1 saturated heterocycles. The first-order chi connectivity index (χ1) is 12.1. The summed E-state index contributed by atoms with van der Waals surface area (Å²) in [6.07, 6.45) is 8.53. The van der Waals surface area contributed by atoms with E-state index in [0.29, 0.717) is 6.04 Å². The number of aliphatic hydroxyl groups excluding tert-OH is 1. The Labute approximate surface area is 151 Å². The maximum atomic E-state index is 10.8. The molecule has 25 heavy (non-hydrogen) atoms. The molecule has 2 aliphatic rings. The first-order valence-corrected chi connectivity index (χ1v) is 10.2. The van der Waals surface area contributed by atoms with Gasteiger partial charge in [-0.15, -0.1) is 0 Å². The largest absolute Gasteiger partial charge is 0.390 e. The van der Waals surface area contributed by atoms with Crippen molar-refractivity contribution in [3.63, 3.8) is 0 Å². The van der Waals surface area contributed by atoms with Crippen LogP contribution in [0.1, 0.15) is 55.8 Å². The number of aromatic nitrogens is 1. The van der Waals surface area contributed by atoms with Crippen molar-refractivity contribution in [1.29, 1.82) is 0 Å². The van der Waals surface area contributed by atoms with Crippen LogP contribution in [0.4, 0.5) is 0 Å². The smallest absolute Gasteiger partial charge is 0.0845 e. The van der Waals surface area contributed by atoms with Gasteiger partial charge in [0.05, 0.1) is 12.6 Å². The minimum absolute atomic E-state index is 0.288. The van der Waals surface area contributed by atoms with E-state index in [0.717, 1.165) is 26.1 Å². The van der Waals surface area contributed by atoms with Crippen LogP contribution in [0.3, 0.4) is 0 Å². The number of aryl methyl sites for hydroxylation is 2. The molecule has 0 unspecified atom stereocenters. The zero-order valence-corrected chi connectivity index (χ0v) is 15.8. The molecule has 0 spiro atoms. The molecule has 0 amide bonds. The molecule has 1 N–H and O–H groups in total. The van der Waals surface area contributed by atoms with E-state index in [1.165, 1.54) is 60.7 Å². The summed E-state index contributed by atoms with van der Waals surface area (Å²) in [7, 11) is 0. The molecular weight excluding hydrogens is 308 g/mol. The fourth-order valence-corrected chi connectivity index (χ4v) is 4.93. The van der Waals surface area contributed by atoms with E-state index in [4.69, 9.17) is 0 Å². The number of nitrogens with zero attached hydrogens (tertiary/aromatic N) is 2. The van der Waals surface area contributed by atoms with Gasteiger partial charge in [-0.05, 0) is 76.6 Å². The van der Waals surface area contributed by atoms with E-state index in [1.54, 1.807) is 5.56 Å². The monoisotopic (exact) mass is 340 g/mol. The highest BCUT2D eigenvalue weighted by Crippen LogP contribution is 2.33. The van der Waals surface area contributed by atoms with Gasteiger partial charge in [-0.3, -0.25) is 4.90 Å². The number of hydrogen-bond donors (Lipinski definition) is 1. The Kier molecular flexibility index (Phi) is 4.88. The Bertz CT molecular complexity index is 748. The van der Waals surface area contributed by atoms with Gasteiger partial charge in [0, 0.05) is 29.2 Å². The second-order valence-electron chi connectivity index (χ2n) is 8.26. The Morgan fingerprint density at radius 3 is 2.80 bits per heavy atom. The summed E-state index contributed by atoms with van der Waals surface area (Å²) < 4.78 is 2.43. The van der Waals surface area contributed by atoms with Gasteiger partial charge in [-0.1, -0.05) is 18.1 Å². The Morgan fingerprint density at radius 2 is 1.96 bits per heavy atom. The first kappa shape index (κ1) is 17.1. The van der Waals surface area contributed by atoms with Crippen LogP contribution in [-0.4, -0.2) is 39.8 Å². The number of β-amino-alcohol motifs (C(OH)–C–C–N with tert-alkyl or cyclic N) is 1. The van der Waals surface area contributed by atoms with Crippen molar-refractivity contribution in [3.8, 4) is 0 Å². The number of benzene rings is 1. The topological polar surface area (TPSA) is 28.4 Å². The molecule has 0 saturated carbocycles. The molecule has 1 aliphatic heterocycles. The molecule has 1 fully saturated rings. The molecule has 1 aliphatic carbocycles. The van der Waals surface area contributed by atoms with Crippen molar-refractivity contribution in [3.05, 3.63) is 35.0 Å². The van der Waals surface area contributed by atoms with Crippen LogP contribution in [0, 0.1) is 6.92 Å². The first-order valence-electron chi connectivity index (χ1n) is 10.2. The second kappa shape index (κ2) is 7.13. The molecule has 2 atom stereocenters. The molecule has 1 aromatic carbocycles. The fraction of sp³-hybridized carbons (Fsp3) is 0.636. The summed E-state index contributed by atoms with van der Waals surface area (Å²) in [6.45, 7) is 7.17. The maximum absolute atomic E-state index is 10.8. The zero-order valence-electron chi connectivity index (χ0n) is 15.8. The Hall–Kier alpha value is -1.32. The van der Waals surface area contributed by atoms with Crippen LogP contribution in [-0.2, 0) is 19.4 Å². The second-order valence-corrected chi connectivity index (χ2v) is 8.26. The van der Waals surface area contributed by atoms with E-state index in [9.17, 15) is 5.11 Å². The third kappa shape index (κ3) is 3.37. The molecule has 0 bridgehead atoms. The molecule has 1 aromatic heterocycles. The molecule has 2 aromatic rings. The van der Waals surface area contributed by atoms with Crippen molar-refractivity contribution >= 4 is 10.9 Å². The van der Waals surface area contributed by atoms with Gasteiger partial charge in [-0.2, -0.15) is 0 Å². The number of likely N-dealkylation sites (tertiary alicyclic amines) is 1. The summed E-state index contributed by atoms with van der Waals surface area (Å²) in [4.78, 5) is 2.48. The van der Waals surface area contributed by atoms with Crippen molar-refractivity contribution in [1.82, 2.24) is 9.47 Å². The molecule has 2 heterocycles. The molecule has 3 heteroatoms. The normalized spacial score (nSPS) is 22.9. The lowest BCUT2D eigenvalue weighted by atomic mass is 9.95. The van der Waals surface area contributed by atoms with Gasteiger partial charge in [0.1, 0.15) is 0 Å². The summed E-state index contributed by atoms with van der Waals surface area (Å²) in [5.41, 5.74) is 5.69. The quantitative estimate of drug-likeness (QED) is 0.909. The van der Waals surface area contributed by atoms with Crippen molar-refractivity contribution in [2.75, 3.05) is 13.1 Å². The predicted molar refractivity (Wildman–Crippen MR) is 104 cm³/mol. The van der Waals surface area contributed by atoms with E-state index in [1.807, 2.05) is 0 Å². The van der Waals surface area contributed by atoms with Crippen LogP contribution >= 0.6 is 0 Å². The van der Waals surface area contributed by atoms with Gasteiger partial charge in [0.25, 0.3) is 0 Å². The van der Waals surface area contributed by atoms with Crippen molar-refractivity contribution < 1.29 is 5.11 Å². The third-order valence-electron chi connectivity index (χ3n) is 6.31. The van der Waals surface area contributed by atoms with E-state index in [2.05, 4.69) is 41.5 Å².